The van der Waals surface area contributed by atoms with Crippen LogP contribution in [0.3, 0.4) is 0 Å². The summed E-state index contributed by atoms with van der Waals surface area (Å²) < 4.78 is 0. The van der Waals surface area contributed by atoms with Gasteiger partial charge in [0.2, 0.25) is 0 Å². The maximum absolute atomic E-state index is 13.1. The van der Waals surface area contributed by atoms with Crippen LogP contribution in [0.15, 0.2) is 78.9 Å². The lowest BCUT2D eigenvalue weighted by molar-refractivity contribution is 0.0940. The molecule has 0 bridgehead atoms. The molecule has 1 heterocycles. The van der Waals surface area contributed by atoms with Crippen molar-refractivity contribution in [3.05, 3.63) is 113 Å². The highest BCUT2D eigenvalue weighted by Gasteiger charge is 2.22. The van der Waals surface area contributed by atoms with Gasteiger partial charge in [0.05, 0.1) is 0 Å². The quantitative estimate of drug-likeness (QED) is 0.431. The molecule has 2 amide bonds. The second-order valence-corrected chi connectivity index (χ2v) is 7.45. The minimum absolute atomic E-state index is 0.232. The standard InChI is InChI=1S/C25H23N5O2/c1-16-13-14-20(15-21(16)27-24(31)19-11-7-4-8-12-19)25(32)28-22(18-9-5-3-6-10-18)23-26-17(2)29-30-23/h3-15,22H,1-2H3,(H,27,31)(H,28,32)(H,26,29,30). The molecule has 1 aromatic heterocycles. The monoisotopic (exact) mass is 425 g/mol. The Balaban J connectivity index is 1.58. The molecule has 0 saturated heterocycles. The summed E-state index contributed by atoms with van der Waals surface area (Å²) in [6, 6.07) is 23.2. The Morgan fingerprint density at radius 3 is 2.19 bits per heavy atom. The van der Waals surface area contributed by atoms with Gasteiger partial charge in [0.1, 0.15) is 11.9 Å². The van der Waals surface area contributed by atoms with Crippen LogP contribution in [0.1, 0.15) is 49.5 Å². The number of carbonyl (C=O) groups is 2. The van der Waals surface area contributed by atoms with E-state index in [0.29, 0.717) is 28.5 Å². The van der Waals surface area contributed by atoms with Gasteiger partial charge in [-0.3, -0.25) is 14.7 Å². The van der Waals surface area contributed by atoms with Crippen molar-refractivity contribution in [3.63, 3.8) is 0 Å². The summed E-state index contributed by atoms with van der Waals surface area (Å²) in [4.78, 5) is 30.1. The first-order valence-corrected chi connectivity index (χ1v) is 10.2. The van der Waals surface area contributed by atoms with E-state index in [9.17, 15) is 9.59 Å². The average Bonchev–Trinajstić information content (AvgIpc) is 3.25. The predicted octanol–water partition coefficient (Wildman–Crippen LogP) is 4.19. The number of carbonyl (C=O) groups excluding carboxylic acids is 2. The first kappa shape index (κ1) is 21.0. The lowest BCUT2D eigenvalue weighted by Gasteiger charge is -2.17. The van der Waals surface area contributed by atoms with Crippen molar-refractivity contribution < 1.29 is 9.59 Å². The predicted molar refractivity (Wildman–Crippen MR) is 122 cm³/mol. The van der Waals surface area contributed by atoms with E-state index in [-0.39, 0.29) is 11.8 Å². The summed E-state index contributed by atoms with van der Waals surface area (Å²) in [5, 5.41) is 13.0. The zero-order valence-corrected chi connectivity index (χ0v) is 17.8. The maximum Gasteiger partial charge on any atom is 0.255 e. The minimum Gasteiger partial charge on any atom is -0.338 e. The summed E-state index contributed by atoms with van der Waals surface area (Å²) in [6.45, 7) is 3.69. The molecule has 7 nitrogen and oxygen atoms in total. The number of H-pyrrole nitrogens is 1. The van der Waals surface area contributed by atoms with E-state index in [0.717, 1.165) is 11.1 Å². The SMILES string of the molecule is Cc1nc(C(NC(=O)c2ccc(C)c(NC(=O)c3ccccc3)c2)c2ccccc2)n[nH]1. The summed E-state index contributed by atoms with van der Waals surface area (Å²) >= 11 is 0. The summed E-state index contributed by atoms with van der Waals surface area (Å²) in [6.07, 6.45) is 0. The molecule has 7 heteroatoms. The fourth-order valence-corrected chi connectivity index (χ4v) is 3.33. The number of nitrogens with one attached hydrogen (secondary N) is 3. The van der Waals surface area contributed by atoms with E-state index < -0.39 is 6.04 Å². The molecular formula is C25H23N5O2. The molecule has 0 aliphatic heterocycles. The van der Waals surface area contributed by atoms with Gasteiger partial charge in [-0.1, -0.05) is 54.6 Å². The van der Waals surface area contributed by atoms with Crippen molar-refractivity contribution in [2.45, 2.75) is 19.9 Å². The summed E-state index contributed by atoms with van der Waals surface area (Å²) in [5.41, 5.74) is 3.27. The third-order valence-corrected chi connectivity index (χ3v) is 5.06. The van der Waals surface area contributed by atoms with Crippen LogP contribution < -0.4 is 10.6 Å². The smallest absolute Gasteiger partial charge is 0.255 e. The number of aromatic nitrogens is 3. The molecule has 0 aliphatic rings. The van der Waals surface area contributed by atoms with Crippen LogP contribution in [0.25, 0.3) is 0 Å². The topological polar surface area (TPSA) is 99.8 Å². The van der Waals surface area contributed by atoms with Gasteiger partial charge in [-0.15, -0.1) is 0 Å². The van der Waals surface area contributed by atoms with Gasteiger partial charge in [0, 0.05) is 16.8 Å². The largest absolute Gasteiger partial charge is 0.338 e. The van der Waals surface area contributed by atoms with E-state index in [4.69, 9.17) is 0 Å². The van der Waals surface area contributed by atoms with Crippen LogP contribution in [0, 0.1) is 13.8 Å². The highest BCUT2D eigenvalue weighted by molar-refractivity contribution is 6.05. The number of benzene rings is 3. The number of rotatable bonds is 6. The van der Waals surface area contributed by atoms with Gasteiger partial charge < -0.3 is 10.6 Å². The van der Waals surface area contributed by atoms with Crippen molar-refractivity contribution in [3.8, 4) is 0 Å². The van der Waals surface area contributed by atoms with Crippen molar-refractivity contribution in [2.75, 3.05) is 5.32 Å². The van der Waals surface area contributed by atoms with Crippen LogP contribution in [-0.2, 0) is 0 Å². The van der Waals surface area contributed by atoms with Gasteiger partial charge >= 0.3 is 0 Å². The number of aromatic amines is 1. The Morgan fingerprint density at radius 2 is 1.53 bits per heavy atom. The molecule has 32 heavy (non-hydrogen) atoms. The molecule has 160 valence electrons. The zero-order chi connectivity index (χ0) is 22.5. The second-order valence-electron chi connectivity index (χ2n) is 7.45. The minimum atomic E-state index is -0.516. The van der Waals surface area contributed by atoms with Gasteiger partial charge in [-0.25, -0.2) is 4.98 Å². The first-order valence-electron chi connectivity index (χ1n) is 10.2. The zero-order valence-electron chi connectivity index (χ0n) is 17.8. The molecule has 4 aromatic rings. The van der Waals surface area contributed by atoms with Crippen LogP contribution in [0.2, 0.25) is 0 Å². The molecule has 3 aromatic carbocycles. The van der Waals surface area contributed by atoms with Crippen LogP contribution >= 0.6 is 0 Å². The van der Waals surface area contributed by atoms with E-state index in [1.807, 2.05) is 56.3 Å². The van der Waals surface area contributed by atoms with Crippen LogP contribution in [0.5, 0.6) is 0 Å². The highest BCUT2D eigenvalue weighted by atomic mass is 16.2. The van der Waals surface area contributed by atoms with Crippen molar-refractivity contribution in [1.29, 1.82) is 0 Å². The third kappa shape index (κ3) is 4.73. The van der Waals surface area contributed by atoms with E-state index >= 15 is 0 Å². The maximum atomic E-state index is 13.1. The lowest BCUT2D eigenvalue weighted by atomic mass is 10.0. The Kier molecular flexibility index (Phi) is 6.07. The van der Waals surface area contributed by atoms with Gasteiger partial charge in [-0.2, -0.15) is 5.10 Å². The first-order chi connectivity index (χ1) is 15.5. The van der Waals surface area contributed by atoms with Crippen LogP contribution in [-0.4, -0.2) is 27.0 Å². The lowest BCUT2D eigenvalue weighted by Crippen LogP contribution is -2.30. The van der Waals surface area contributed by atoms with Crippen LogP contribution in [0.4, 0.5) is 5.69 Å². The van der Waals surface area contributed by atoms with Gasteiger partial charge in [0.15, 0.2) is 5.82 Å². The molecule has 0 aliphatic carbocycles. The molecule has 1 unspecified atom stereocenters. The van der Waals surface area contributed by atoms with Gasteiger partial charge in [-0.05, 0) is 49.2 Å². The normalized spacial score (nSPS) is 11.6. The van der Waals surface area contributed by atoms with E-state index in [2.05, 4.69) is 25.8 Å². The number of hydrogen-bond donors (Lipinski definition) is 3. The van der Waals surface area contributed by atoms with E-state index in [1.165, 1.54) is 0 Å². The van der Waals surface area contributed by atoms with Crippen molar-refractivity contribution in [1.82, 2.24) is 20.5 Å². The molecule has 0 radical (unpaired) electrons. The van der Waals surface area contributed by atoms with E-state index in [1.54, 1.807) is 36.4 Å². The fourth-order valence-electron chi connectivity index (χ4n) is 3.33. The Labute approximate surface area is 185 Å². The number of anilines is 1. The number of nitrogens with zero attached hydrogens (tertiary/aromatic N) is 2. The summed E-state index contributed by atoms with van der Waals surface area (Å²) in [5.74, 6) is 0.615. The number of hydrogen-bond acceptors (Lipinski definition) is 4. The Morgan fingerprint density at radius 1 is 0.844 bits per heavy atom. The molecular weight excluding hydrogens is 402 g/mol. The third-order valence-electron chi connectivity index (χ3n) is 5.06. The highest BCUT2D eigenvalue weighted by Crippen LogP contribution is 2.22. The van der Waals surface area contributed by atoms with Gasteiger partial charge in [0.25, 0.3) is 11.8 Å². The average molecular weight is 425 g/mol. The fraction of sp³-hybridized carbons (Fsp3) is 0.120. The van der Waals surface area contributed by atoms with Crippen molar-refractivity contribution >= 4 is 17.5 Å². The molecule has 0 fully saturated rings. The molecule has 0 saturated carbocycles. The Hall–Kier alpha value is -4.26. The molecule has 0 spiro atoms. The van der Waals surface area contributed by atoms with Crippen molar-refractivity contribution in [2.24, 2.45) is 0 Å². The summed E-state index contributed by atoms with van der Waals surface area (Å²) in [7, 11) is 0. The molecule has 3 N–H and O–H groups in total. The molecule has 1 atom stereocenters. The second kappa shape index (κ2) is 9.26. The number of aryl methyl sites for hydroxylation is 2. The number of amides is 2. The Bertz CT molecular complexity index is 1240. The molecule has 4 rings (SSSR count).